The van der Waals surface area contributed by atoms with Crippen LogP contribution < -0.4 is 4.90 Å². The number of hydrogen-bond acceptors (Lipinski definition) is 8. The van der Waals surface area contributed by atoms with E-state index in [1.165, 1.54) is 24.3 Å². The lowest BCUT2D eigenvalue weighted by Crippen LogP contribution is -2.48. The van der Waals surface area contributed by atoms with Crippen molar-refractivity contribution in [3.63, 3.8) is 0 Å². The highest BCUT2D eigenvalue weighted by Crippen LogP contribution is 2.18. The molecule has 1 aliphatic rings. The lowest BCUT2D eigenvalue weighted by Gasteiger charge is -2.34. The molecule has 1 fully saturated rings. The van der Waals surface area contributed by atoms with Gasteiger partial charge in [-0.2, -0.15) is 0 Å². The molecule has 0 radical (unpaired) electrons. The summed E-state index contributed by atoms with van der Waals surface area (Å²) in [7, 11) is 1.70. The van der Waals surface area contributed by atoms with Gasteiger partial charge in [0.05, 0.1) is 17.2 Å². The third kappa shape index (κ3) is 4.54. The summed E-state index contributed by atoms with van der Waals surface area (Å²) in [4.78, 5) is 48.6. The van der Waals surface area contributed by atoms with Crippen LogP contribution in [0.2, 0.25) is 0 Å². The van der Waals surface area contributed by atoms with E-state index in [0.717, 1.165) is 13.1 Å². The van der Waals surface area contributed by atoms with Gasteiger partial charge in [0.1, 0.15) is 0 Å². The molecule has 2 aromatic heterocycles. The smallest absolute Gasteiger partial charge is 0.269 e. The third-order valence-electron chi connectivity index (χ3n) is 5.47. The topological polar surface area (TPSA) is 114 Å². The summed E-state index contributed by atoms with van der Waals surface area (Å²) in [5.41, 5.74) is 1.07. The summed E-state index contributed by atoms with van der Waals surface area (Å²) in [6, 6.07) is 8.79. The van der Waals surface area contributed by atoms with Crippen molar-refractivity contribution in [3.05, 3.63) is 81.9 Å². The number of benzene rings is 1. The van der Waals surface area contributed by atoms with Crippen molar-refractivity contribution in [1.82, 2.24) is 19.4 Å². The predicted octanol–water partition coefficient (Wildman–Crippen LogP) is 1.96. The minimum atomic E-state index is -0.514. The normalized spacial score (nSPS) is 14.3. The Balaban J connectivity index is 1.38. The van der Waals surface area contributed by atoms with E-state index in [1.807, 2.05) is 0 Å². The zero-order chi connectivity index (χ0) is 22.7. The van der Waals surface area contributed by atoms with Crippen molar-refractivity contribution in [1.29, 1.82) is 0 Å². The van der Waals surface area contributed by atoms with E-state index in [2.05, 4.69) is 19.8 Å². The Morgan fingerprint density at radius 2 is 1.69 bits per heavy atom. The number of piperazine rings is 1. The van der Waals surface area contributed by atoms with Gasteiger partial charge < -0.3 is 9.47 Å². The highest BCUT2D eigenvalue weighted by molar-refractivity contribution is 6.10. The third-order valence-corrected chi connectivity index (χ3v) is 5.47. The molecular formula is C22H22N6O4. The molecule has 1 aromatic carbocycles. The molecule has 0 bridgehead atoms. The van der Waals surface area contributed by atoms with Gasteiger partial charge in [0.25, 0.3) is 5.69 Å². The fourth-order valence-electron chi connectivity index (χ4n) is 3.68. The summed E-state index contributed by atoms with van der Waals surface area (Å²) in [6.45, 7) is 3.15. The van der Waals surface area contributed by atoms with Gasteiger partial charge in [-0.15, -0.1) is 0 Å². The van der Waals surface area contributed by atoms with Gasteiger partial charge in [-0.05, 0) is 24.3 Å². The minimum absolute atomic E-state index is 0.0623. The van der Waals surface area contributed by atoms with E-state index in [1.54, 1.807) is 42.3 Å². The SMILES string of the molecule is Cn1cc(C(=O)CN2CCN(c3ncccn3)CC2)cc1C(=O)c1ccc([N+](=O)[O-])cc1. The van der Waals surface area contributed by atoms with Crippen LogP contribution in [0.1, 0.15) is 26.4 Å². The van der Waals surface area contributed by atoms with Crippen LogP contribution in [-0.4, -0.2) is 68.6 Å². The molecule has 0 unspecified atom stereocenters. The first kappa shape index (κ1) is 21.3. The highest BCUT2D eigenvalue weighted by atomic mass is 16.6. The second kappa shape index (κ2) is 9.06. The number of carbonyl (C=O) groups excluding carboxylic acids is 2. The summed E-state index contributed by atoms with van der Waals surface area (Å²) in [5.74, 6) is 0.335. The van der Waals surface area contributed by atoms with Crippen molar-refractivity contribution in [2.75, 3.05) is 37.6 Å². The zero-order valence-electron chi connectivity index (χ0n) is 17.5. The van der Waals surface area contributed by atoms with E-state index >= 15 is 0 Å². The number of aromatic nitrogens is 3. The zero-order valence-corrected chi connectivity index (χ0v) is 17.5. The van der Waals surface area contributed by atoms with Crippen LogP contribution in [0, 0.1) is 10.1 Å². The number of nitro benzene ring substituents is 1. The summed E-state index contributed by atoms with van der Waals surface area (Å²) >= 11 is 0. The molecule has 3 heterocycles. The summed E-state index contributed by atoms with van der Waals surface area (Å²) in [5, 5.41) is 10.8. The minimum Gasteiger partial charge on any atom is -0.347 e. The number of nitrogens with zero attached hydrogens (tertiary/aromatic N) is 6. The van der Waals surface area contributed by atoms with Crippen LogP contribution in [0.5, 0.6) is 0 Å². The first-order valence-corrected chi connectivity index (χ1v) is 10.2. The molecule has 0 N–H and O–H groups in total. The molecular weight excluding hydrogens is 412 g/mol. The van der Waals surface area contributed by atoms with E-state index in [-0.39, 0.29) is 23.8 Å². The number of Topliss-reactive ketones (excluding diaryl/α,β-unsaturated/α-hetero) is 1. The number of rotatable bonds is 7. The number of anilines is 1. The van der Waals surface area contributed by atoms with Crippen LogP contribution in [0.15, 0.2) is 55.0 Å². The van der Waals surface area contributed by atoms with Gasteiger partial charge in [0, 0.05) is 75.1 Å². The first-order valence-electron chi connectivity index (χ1n) is 10.2. The number of non-ortho nitro benzene ring substituents is 1. The van der Waals surface area contributed by atoms with Crippen molar-refractivity contribution in [2.24, 2.45) is 7.05 Å². The average Bonchev–Trinajstić information content (AvgIpc) is 3.21. The summed E-state index contributed by atoms with van der Waals surface area (Å²) < 4.78 is 1.61. The molecule has 164 valence electrons. The molecule has 10 nitrogen and oxygen atoms in total. The number of carbonyl (C=O) groups is 2. The van der Waals surface area contributed by atoms with E-state index in [0.29, 0.717) is 35.9 Å². The molecule has 0 aliphatic carbocycles. The maximum atomic E-state index is 12.8. The molecule has 0 saturated carbocycles. The Hall–Kier alpha value is -3.92. The van der Waals surface area contributed by atoms with Crippen LogP contribution in [0.4, 0.5) is 11.6 Å². The van der Waals surface area contributed by atoms with Gasteiger partial charge >= 0.3 is 0 Å². The molecule has 0 amide bonds. The van der Waals surface area contributed by atoms with Crippen LogP contribution >= 0.6 is 0 Å². The Kier molecular flexibility index (Phi) is 6.04. The maximum Gasteiger partial charge on any atom is 0.269 e. The predicted molar refractivity (Wildman–Crippen MR) is 117 cm³/mol. The Bertz CT molecular complexity index is 1130. The largest absolute Gasteiger partial charge is 0.347 e. The number of ketones is 2. The van der Waals surface area contributed by atoms with Gasteiger partial charge in [0.2, 0.25) is 11.7 Å². The van der Waals surface area contributed by atoms with Gasteiger partial charge in [-0.1, -0.05) is 0 Å². The van der Waals surface area contributed by atoms with Crippen molar-refractivity contribution in [2.45, 2.75) is 0 Å². The number of hydrogen-bond donors (Lipinski definition) is 0. The van der Waals surface area contributed by atoms with Gasteiger partial charge in [-0.3, -0.25) is 24.6 Å². The standard InChI is InChI=1S/C22H22N6O4/c1-25-14-17(13-19(25)21(30)16-3-5-18(6-4-16)28(31)32)20(29)15-26-9-11-27(12-10-26)22-23-7-2-8-24-22/h2-8,13-14H,9-12,15H2,1H3. The molecule has 1 aliphatic heterocycles. The maximum absolute atomic E-state index is 12.8. The average molecular weight is 434 g/mol. The van der Waals surface area contributed by atoms with Crippen molar-refractivity contribution in [3.8, 4) is 0 Å². The quantitative estimate of drug-likeness (QED) is 0.315. The lowest BCUT2D eigenvalue weighted by molar-refractivity contribution is -0.384. The van der Waals surface area contributed by atoms with E-state index < -0.39 is 4.92 Å². The van der Waals surface area contributed by atoms with Gasteiger partial charge in [-0.25, -0.2) is 9.97 Å². The monoisotopic (exact) mass is 434 g/mol. The number of aryl methyl sites for hydroxylation is 1. The molecule has 0 atom stereocenters. The molecule has 1 saturated heterocycles. The highest BCUT2D eigenvalue weighted by Gasteiger charge is 2.23. The Labute approximate surface area is 184 Å². The van der Waals surface area contributed by atoms with Crippen LogP contribution in [0.25, 0.3) is 0 Å². The van der Waals surface area contributed by atoms with Crippen LogP contribution in [0.3, 0.4) is 0 Å². The molecule has 32 heavy (non-hydrogen) atoms. The van der Waals surface area contributed by atoms with Crippen molar-refractivity contribution >= 4 is 23.2 Å². The Morgan fingerprint density at radius 3 is 2.31 bits per heavy atom. The summed E-state index contributed by atoms with van der Waals surface area (Å²) in [6.07, 6.45) is 5.07. The molecule has 3 aromatic rings. The van der Waals surface area contributed by atoms with E-state index in [4.69, 9.17) is 0 Å². The Morgan fingerprint density at radius 1 is 1.03 bits per heavy atom. The van der Waals surface area contributed by atoms with Gasteiger partial charge in [0.15, 0.2) is 5.78 Å². The lowest BCUT2D eigenvalue weighted by atomic mass is 10.1. The second-order valence-corrected chi connectivity index (χ2v) is 7.59. The number of nitro groups is 1. The first-order chi connectivity index (χ1) is 15.4. The molecule has 4 rings (SSSR count). The fourth-order valence-corrected chi connectivity index (χ4v) is 3.68. The van der Waals surface area contributed by atoms with E-state index in [9.17, 15) is 19.7 Å². The van der Waals surface area contributed by atoms with Crippen LogP contribution in [-0.2, 0) is 7.05 Å². The van der Waals surface area contributed by atoms with Crippen molar-refractivity contribution < 1.29 is 14.5 Å². The fraction of sp³-hybridized carbons (Fsp3) is 0.273. The molecule has 10 heteroatoms. The molecule has 0 spiro atoms. The second-order valence-electron chi connectivity index (χ2n) is 7.59.